The highest BCUT2D eigenvalue weighted by atomic mass is 16.5. The summed E-state index contributed by atoms with van der Waals surface area (Å²) < 4.78 is 16.0. The highest BCUT2D eigenvalue weighted by molar-refractivity contribution is 5.93. The van der Waals surface area contributed by atoms with Crippen LogP contribution in [-0.2, 0) is 22.6 Å². The molecule has 29 heavy (non-hydrogen) atoms. The van der Waals surface area contributed by atoms with Gasteiger partial charge in [-0.2, -0.15) is 4.73 Å². The van der Waals surface area contributed by atoms with Gasteiger partial charge in [-0.05, 0) is 29.8 Å². The zero-order valence-electron chi connectivity index (χ0n) is 16.3. The summed E-state index contributed by atoms with van der Waals surface area (Å²) in [5, 5.41) is 12.7. The van der Waals surface area contributed by atoms with Gasteiger partial charge in [-0.3, -0.25) is 9.59 Å². The summed E-state index contributed by atoms with van der Waals surface area (Å²) in [5.74, 6) is 0.180. The molecular weight excluding hydrogens is 376 g/mol. The number of ether oxygens (including phenoxy) is 3. The fourth-order valence-electron chi connectivity index (χ4n) is 2.88. The lowest BCUT2D eigenvalue weighted by molar-refractivity contribution is -0.580. The Kier molecular flexibility index (Phi) is 5.92. The molecule has 3 rings (SSSR count). The molecule has 0 bridgehead atoms. The van der Waals surface area contributed by atoms with Crippen LogP contribution in [0.15, 0.2) is 42.5 Å². The lowest BCUT2D eigenvalue weighted by Crippen LogP contribution is -2.37. The number of methoxy groups -OCH3 is 2. The number of benzene rings is 2. The van der Waals surface area contributed by atoms with Crippen LogP contribution in [-0.4, -0.2) is 31.0 Å². The third kappa shape index (κ3) is 4.43. The van der Waals surface area contributed by atoms with Crippen molar-refractivity contribution >= 4 is 22.8 Å². The molecule has 0 saturated heterocycles. The quantitative estimate of drug-likeness (QED) is 0.261. The summed E-state index contributed by atoms with van der Waals surface area (Å²) in [4.78, 5) is 28.6. The van der Waals surface area contributed by atoms with E-state index in [9.17, 15) is 14.8 Å². The molecule has 2 aromatic carbocycles. The molecule has 0 aliphatic rings. The number of carbonyl (C=O) groups is 2. The van der Waals surface area contributed by atoms with Gasteiger partial charge >= 0.3 is 5.97 Å². The van der Waals surface area contributed by atoms with Gasteiger partial charge < -0.3 is 19.4 Å². The number of nitrogens with zero attached hydrogens (tertiary/aromatic N) is 2. The molecule has 0 aliphatic heterocycles. The van der Waals surface area contributed by atoms with E-state index in [1.54, 1.807) is 43.5 Å². The van der Waals surface area contributed by atoms with Gasteiger partial charge in [0.1, 0.15) is 23.6 Å². The van der Waals surface area contributed by atoms with Crippen LogP contribution in [0.2, 0.25) is 0 Å². The summed E-state index contributed by atoms with van der Waals surface area (Å²) in [7, 11) is 3.04. The van der Waals surface area contributed by atoms with Crippen LogP contribution in [0.5, 0.6) is 11.5 Å². The van der Waals surface area contributed by atoms with Crippen molar-refractivity contribution in [1.82, 2.24) is 4.98 Å². The first-order chi connectivity index (χ1) is 13.9. The minimum absolute atomic E-state index is 0.0432. The Bertz CT molecular complexity index is 1060. The molecule has 0 radical (unpaired) electrons. The topological polar surface area (TPSA) is 102 Å². The minimum Gasteiger partial charge on any atom is -0.618 e. The Morgan fingerprint density at radius 1 is 1.03 bits per heavy atom. The van der Waals surface area contributed by atoms with Crippen LogP contribution in [0.4, 0.5) is 0 Å². The lowest BCUT2D eigenvalue weighted by atomic mass is 10.1. The smallest absolute Gasteiger partial charge is 0.310 e. The van der Waals surface area contributed by atoms with E-state index < -0.39 is 11.8 Å². The Balaban J connectivity index is 1.82. The average Bonchev–Trinajstić information content (AvgIpc) is 2.72. The van der Waals surface area contributed by atoms with E-state index in [2.05, 4.69) is 4.98 Å². The number of rotatable bonds is 7. The number of Topliss-reactive ketones (excluding diaryl/α,β-unsaturated/α-hetero) is 1. The largest absolute Gasteiger partial charge is 0.618 e. The average molecular weight is 396 g/mol. The lowest BCUT2D eigenvalue weighted by Gasteiger charge is -2.11. The normalized spacial score (nSPS) is 10.6. The van der Waals surface area contributed by atoms with Crippen molar-refractivity contribution in [3.8, 4) is 11.5 Å². The van der Waals surface area contributed by atoms with Gasteiger partial charge in [0.15, 0.2) is 5.69 Å². The number of fused-ring (bicyclic) bond motifs is 1. The van der Waals surface area contributed by atoms with Gasteiger partial charge in [0, 0.05) is 6.92 Å². The van der Waals surface area contributed by atoms with Gasteiger partial charge in [-0.1, -0.05) is 12.1 Å². The molecule has 8 nitrogen and oxygen atoms in total. The fraction of sp³-hybridized carbons (Fsp3) is 0.238. The summed E-state index contributed by atoms with van der Waals surface area (Å²) in [5.41, 5.74) is 1.26. The van der Waals surface area contributed by atoms with Crippen molar-refractivity contribution in [2.24, 2.45) is 0 Å². The SMILES string of the molecule is COc1ccc(CC(=O)OCc2nc3ccc(OC)cc3[n+]([O-])c2C(C)=O)cc1. The van der Waals surface area contributed by atoms with Crippen LogP contribution < -0.4 is 14.2 Å². The second kappa shape index (κ2) is 8.55. The predicted octanol–water partition coefficient (Wildman–Crippen LogP) is 2.37. The number of ketones is 1. The summed E-state index contributed by atoms with van der Waals surface area (Å²) in [6, 6.07) is 11.8. The predicted molar refractivity (Wildman–Crippen MR) is 104 cm³/mol. The molecule has 0 fully saturated rings. The number of hydrogen-bond donors (Lipinski definition) is 0. The molecule has 150 valence electrons. The monoisotopic (exact) mass is 396 g/mol. The van der Waals surface area contributed by atoms with E-state index in [4.69, 9.17) is 14.2 Å². The minimum atomic E-state index is -0.501. The van der Waals surface area contributed by atoms with E-state index in [0.29, 0.717) is 21.7 Å². The molecule has 1 heterocycles. The van der Waals surface area contributed by atoms with Gasteiger partial charge in [-0.15, -0.1) is 0 Å². The Hall–Kier alpha value is -3.68. The van der Waals surface area contributed by atoms with E-state index in [1.807, 2.05) is 0 Å². The molecular formula is C21H20N2O6. The van der Waals surface area contributed by atoms with Crippen LogP contribution in [0.3, 0.4) is 0 Å². The van der Waals surface area contributed by atoms with E-state index in [-0.39, 0.29) is 29.9 Å². The van der Waals surface area contributed by atoms with E-state index in [0.717, 1.165) is 5.56 Å². The maximum Gasteiger partial charge on any atom is 0.310 e. The first-order valence-electron chi connectivity index (χ1n) is 8.82. The van der Waals surface area contributed by atoms with Crippen molar-refractivity contribution in [2.75, 3.05) is 14.2 Å². The summed E-state index contributed by atoms with van der Waals surface area (Å²) >= 11 is 0. The van der Waals surface area contributed by atoms with Gasteiger partial charge in [0.2, 0.25) is 11.3 Å². The molecule has 3 aromatic rings. The van der Waals surface area contributed by atoms with Crippen molar-refractivity contribution in [3.05, 3.63) is 64.6 Å². The van der Waals surface area contributed by atoms with Crippen molar-refractivity contribution < 1.29 is 28.5 Å². The van der Waals surface area contributed by atoms with Crippen LogP contribution in [0.1, 0.15) is 28.7 Å². The Morgan fingerprint density at radius 2 is 1.69 bits per heavy atom. The molecule has 8 heteroatoms. The molecule has 0 atom stereocenters. The zero-order valence-corrected chi connectivity index (χ0v) is 16.3. The van der Waals surface area contributed by atoms with Crippen molar-refractivity contribution in [3.63, 3.8) is 0 Å². The molecule has 0 N–H and O–H groups in total. The molecule has 1 aromatic heterocycles. The first-order valence-corrected chi connectivity index (χ1v) is 8.82. The number of hydrogen-bond acceptors (Lipinski definition) is 7. The highest BCUT2D eigenvalue weighted by Crippen LogP contribution is 2.19. The van der Waals surface area contributed by atoms with Gasteiger partial charge in [-0.25, -0.2) is 4.98 Å². The highest BCUT2D eigenvalue weighted by Gasteiger charge is 2.24. The molecule has 0 spiro atoms. The van der Waals surface area contributed by atoms with Crippen LogP contribution in [0, 0.1) is 5.21 Å². The van der Waals surface area contributed by atoms with E-state index in [1.165, 1.54) is 20.1 Å². The third-order valence-electron chi connectivity index (χ3n) is 4.34. The maximum atomic E-state index is 12.7. The molecule has 0 aliphatic carbocycles. The second-order valence-corrected chi connectivity index (χ2v) is 6.30. The standard InChI is InChI=1S/C21H20N2O6/c1-13(24)21-18(22-17-9-8-16(28-3)11-19(17)23(21)26)12-29-20(25)10-14-4-6-15(27-2)7-5-14/h4-9,11H,10,12H2,1-3H3. The summed E-state index contributed by atoms with van der Waals surface area (Å²) in [6.07, 6.45) is 0.0432. The van der Waals surface area contributed by atoms with Crippen molar-refractivity contribution in [2.45, 2.75) is 20.0 Å². The van der Waals surface area contributed by atoms with Crippen LogP contribution >= 0.6 is 0 Å². The van der Waals surface area contributed by atoms with Gasteiger partial charge in [0.25, 0.3) is 5.69 Å². The van der Waals surface area contributed by atoms with Gasteiger partial charge in [0.05, 0.1) is 26.7 Å². The molecule has 0 amide bonds. The number of carbonyl (C=O) groups excluding carboxylic acids is 2. The van der Waals surface area contributed by atoms with E-state index >= 15 is 0 Å². The second-order valence-electron chi connectivity index (χ2n) is 6.30. The fourth-order valence-corrected chi connectivity index (χ4v) is 2.88. The molecule has 0 unspecified atom stereocenters. The number of aromatic nitrogens is 2. The molecule has 0 saturated carbocycles. The zero-order chi connectivity index (χ0) is 21.0. The maximum absolute atomic E-state index is 12.7. The van der Waals surface area contributed by atoms with Crippen LogP contribution in [0.25, 0.3) is 11.0 Å². The Labute approximate surface area is 167 Å². The van der Waals surface area contributed by atoms with Crippen molar-refractivity contribution in [1.29, 1.82) is 0 Å². The first kappa shape index (κ1) is 20.1. The summed E-state index contributed by atoms with van der Waals surface area (Å²) in [6.45, 7) is 0.980. The number of esters is 1. The Morgan fingerprint density at radius 3 is 2.31 bits per heavy atom. The third-order valence-corrected chi connectivity index (χ3v) is 4.34.